The molecule has 2 aliphatic rings. The average Bonchev–Trinajstić information content (AvgIpc) is 2.48. The van der Waals surface area contributed by atoms with Gasteiger partial charge in [0.1, 0.15) is 0 Å². The van der Waals surface area contributed by atoms with Crippen molar-refractivity contribution in [2.45, 2.75) is 63.0 Å². The molecule has 0 unspecified atom stereocenters. The van der Waals surface area contributed by atoms with Crippen molar-refractivity contribution in [3.63, 3.8) is 0 Å². The molecule has 20 heavy (non-hydrogen) atoms. The second-order valence-corrected chi connectivity index (χ2v) is 6.81. The third kappa shape index (κ3) is 2.77. The molecule has 0 spiro atoms. The molecule has 1 saturated carbocycles. The second kappa shape index (κ2) is 5.87. The zero-order valence-corrected chi connectivity index (χ0v) is 12.5. The number of fused-ring (bicyclic) bond motifs is 1. The molecule has 2 N–H and O–H groups in total. The lowest BCUT2D eigenvalue weighted by Crippen LogP contribution is -2.57. The predicted octanol–water partition coefficient (Wildman–Crippen LogP) is 3.46. The van der Waals surface area contributed by atoms with Gasteiger partial charge in [-0.1, -0.05) is 50.1 Å². The minimum atomic E-state index is -0.384. The van der Waals surface area contributed by atoms with Crippen LogP contribution in [0.15, 0.2) is 30.3 Å². The lowest BCUT2D eigenvalue weighted by Gasteiger charge is -2.49. The highest BCUT2D eigenvalue weighted by atomic mass is 16.3. The fourth-order valence-corrected chi connectivity index (χ4v) is 4.30. The highest BCUT2D eigenvalue weighted by molar-refractivity contribution is 5.19. The van der Waals surface area contributed by atoms with Gasteiger partial charge in [-0.3, -0.25) is 0 Å². The molecule has 1 aromatic carbocycles. The Kier molecular flexibility index (Phi) is 4.13. The van der Waals surface area contributed by atoms with E-state index in [1.165, 1.54) is 24.8 Å². The van der Waals surface area contributed by atoms with Gasteiger partial charge in [0.2, 0.25) is 0 Å². The largest absolute Gasteiger partial charge is 0.389 e. The number of benzene rings is 1. The molecule has 0 radical (unpaired) electrons. The second-order valence-electron chi connectivity index (χ2n) is 6.81. The van der Waals surface area contributed by atoms with Gasteiger partial charge in [-0.05, 0) is 43.7 Å². The van der Waals surface area contributed by atoms with E-state index in [0.717, 1.165) is 25.8 Å². The number of piperidine rings is 1. The molecule has 1 aliphatic carbocycles. The van der Waals surface area contributed by atoms with Gasteiger partial charge in [0, 0.05) is 12.0 Å². The number of nitrogens with one attached hydrogen (secondary N) is 1. The first kappa shape index (κ1) is 14.1. The highest BCUT2D eigenvalue weighted by Crippen LogP contribution is 2.42. The van der Waals surface area contributed by atoms with E-state index in [0.29, 0.717) is 17.9 Å². The predicted molar refractivity (Wildman–Crippen MR) is 82.8 cm³/mol. The van der Waals surface area contributed by atoms with Crippen LogP contribution in [-0.2, 0) is 0 Å². The van der Waals surface area contributed by atoms with E-state index in [9.17, 15) is 5.11 Å². The van der Waals surface area contributed by atoms with E-state index in [-0.39, 0.29) is 5.60 Å². The number of hydrogen-bond donors (Lipinski definition) is 2. The Morgan fingerprint density at radius 3 is 2.85 bits per heavy atom. The van der Waals surface area contributed by atoms with Gasteiger partial charge in [-0.25, -0.2) is 0 Å². The summed E-state index contributed by atoms with van der Waals surface area (Å²) in [6, 6.07) is 11.2. The zero-order chi connectivity index (χ0) is 14.0. The molecule has 0 bridgehead atoms. The molecule has 1 heterocycles. The summed E-state index contributed by atoms with van der Waals surface area (Å²) in [4.78, 5) is 0. The van der Waals surface area contributed by atoms with Crippen molar-refractivity contribution in [1.82, 2.24) is 5.32 Å². The van der Waals surface area contributed by atoms with Crippen LogP contribution in [0.2, 0.25) is 0 Å². The summed E-state index contributed by atoms with van der Waals surface area (Å²) in [6.45, 7) is 3.28. The van der Waals surface area contributed by atoms with Crippen LogP contribution in [0.25, 0.3) is 0 Å². The third-order valence-electron chi connectivity index (χ3n) is 5.49. The Morgan fingerprint density at radius 1 is 1.25 bits per heavy atom. The molecular weight excluding hydrogens is 246 g/mol. The molecule has 4 atom stereocenters. The van der Waals surface area contributed by atoms with Crippen LogP contribution in [0.3, 0.4) is 0 Å². The van der Waals surface area contributed by atoms with Gasteiger partial charge >= 0.3 is 0 Å². The van der Waals surface area contributed by atoms with Gasteiger partial charge in [-0.2, -0.15) is 0 Å². The molecule has 0 aromatic heterocycles. The van der Waals surface area contributed by atoms with E-state index in [1.54, 1.807) is 0 Å². The number of aliphatic hydroxyl groups is 1. The molecule has 1 aromatic rings. The Balaban J connectivity index is 1.70. The molecule has 3 rings (SSSR count). The smallest absolute Gasteiger partial charge is 0.0702 e. The van der Waals surface area contributed by atoms with Gasteiger partial charge < -0.3 is 10.4 Å². The van der Waals surface area contributed by atoms with E-state index >= 15 is 0 Å². The van der Waals surface area contributed by atoms with Gasteiger partial charge in [0.15, 0.2) is 0 Å². The summed E-state index contributed by atoms with van der Waals surface area (Å²) in [5, 5.41) is 14.6. The SMILES string of the molecule is C[C@H](C[C@@H]1NCC[C@@]2(O)CCCC[C@H]12)c1ccccc1. The zero-order valence-electron chi connectivity index (χ0n) is 12.5. The Labute approximate surface area is 122 Å². The highest BCUT2D eigenvalue weighted by Gasteiger charge is 2.45. The molecule has 2 nitrogen and oxygen atoms in total. The normalized spacial score (nSPS) is 35.3. The summed E-state index contributed by atoms with van der Waals surface area (Å²) >= 11 is 0. The van der Waals surface area contributed by atoms with Crippen molar-refractivity contribution >= 4 is 0 Å². The third-order valence-corrected chi connectivity index (χ3v) is 5.49. The van der Waals surface area contributed by atoms with Crippen LogP contribution in [0, 0.1) is 5.92 Å². The molecule has 0 amide bonds. The lowest BCUT2D eigenvalue weighted by molar-refractivity contribution is -0.0869. The van der Waals surface area contributed by atoms with Crippen LogP contribution < -0.4 is 5.32 Å². The van der Waals surface area contributed by atoms with Crippen LogP contribution in [0.4, 0.5) is 0 Å². The minimum absolute atomic E-state index is 0.384. The Bertz CT molecular complexity index is 428. The van der Waals surface area contributed by atoms with E-state index in [4.69, 9.17) is 0 Å². The molecule has 1 saturated heterocycles. The lowest BCUT2D eigenvalue weighted by atomic mass is 9.66. The summed E-state index contributed by atoms with van der Waals surface area (Å²) in [5.41, 5.74) is 1.03. The van der Waals surface area contributed by atoms with E-state index < -0.39 is 0 Å². The molecular formula is C18H27NO. The quantitative estimate of drug-likeness (QED) is 0.884. The average molecular weight is 273 g/mol. The molecule has 2 fully saturated rings. The van der Waals surface area contributed by atoms with Crippen LogP contribution in [0.1, 0.15) is 56.9 Å². The van der Waals surface area contributed by atoms with E-state index in [2.05, 4.69) is 42.6 Å². The van der Waals surface area contributed by atoms with Gasteiger partial charge in [0.25, 0.3) is 0 Å². The van der Waals surface area contributed by atoms with Crippen molar-refractivity contribution < 1.29 is 5.11 Å². The first-order valence-corrected chi connectivity index (χ1v) is 8.20. The standard InChI is InChI=1S/C18H27NO/c1-14(15-7-3-2-4-8-15)13-17-16-9-5-6-10-18(16,20)11-12-19-17/h2-4,7-8,14,16-17,19-20H,5-6,9-13H2,1H3/t14-,16-,17+,18+/m1/s1. The summed E-state index contributed by atoms with van der Waals surface area (Å²) in [5.74, 6) is 1.01. The van der Waals surface area contributed by atoms with Gasteiger partial charge in [0.05, 0.1) is 5.60 Å². The Hall–Kier alpha value is -0.860. The number of rotatable bonds is 3. The number of hydrogen-bond acceptors (Lipinski definition) is 2. The van der Waals surface area contributed by atoms with Crippen LogP contribution in [-0.4, -0.2) is 23.3 Å². The minimum Gasteiger partial charge on any atom is -0.389 e. The maximum Gasteiger partial charge on any atom is 0.0702 e. The van der Waals surface area contributed by atoms with Crippen molar-refractivity contribution in [3.05, 3.63) is 35.9 Å². The molecule has 2 heteroatoms. The monoisotopic (exact) mass is 273 g/mol. The first-order chi connectivity index (χ1) is 9.69. The molecule has 110 valence electrons. The maximum atomic E-state index is 10.9. The molecule has 1 aliphatic heterocycles. The van der Waals surface area contributed by atoms with Crippen molar-refractivity contribution in [2.24, 2.45) is 5.92 Å². The van der Waals surface area contributed by atoms with Crippen LogP contribution in [0.5, 0.6) is 0 Å². The fourth-order valence-electron chi connectivity index (χ4n) is 4.30. The van der Waals surface area contributed by atoms with Crippen LogP contribution >= 0.6 is 0 Å². The van der Waals surface area contributed by atoms with Gasteiger partial charge in [-0.15, -0.1) is 0 Å². The summed E-state index contributed by atoms with van der Waals surface area (Å²) in [6.07, 6.45) is 6.76. The van der Waals surface area contributed by atoms with Crippen molar-refractivity contribution in [1.29, 1.82) is 0 Å². The fraction of sp³-hybridized carbons (Fsp3) is 0.667. The van der Waals surface area contributed by atoms with Crippen molar-refractivity contribution in [3.8, 4) is 0 Å². The van der Waals surface area contributed by atoms with Crippen molar-refractivity contribution in [2.75, 3.05) is 6.54 Å². The summed E-state index contributed by atoms with van der Waals surface area (Å²) < 4.78 is 0. The first-order valence-electron chi connectivity index (χ1n) is 8.20. The van der Waals surface area contributed by atoms with E-state index in [1.807, 2.05) is 0 Å². The maximum absolute atomic E-state index is 10.9. The topological polar surface area (TPSA) is 32.3 Å². The summed E-state index contributed by atoms with van der Waals surface area (Å²) in [7, 11) is 0. The Morgan fingerprint density at radius 2 is 2.05 bits per heavy atom.